The van der Waals surface area contributed by atoms with Crippen molar-refractivity contribution in [2.75, 3.05) is 19.4 Å². The molecule has 0 radical (unpaired) electrons. The van der Waals surface area contributed by atoms with Gasteiger partial charge in [0.2, 0.25) is 10.0 Å². The first kappa shape index (κ1) is 24.5. The largest absolute Gasteiger partial charge is 0.469 e. The maximum absolute atomic E-state index is 12.4. The Kier molecular flexibility index (Phi) is 8.33. The number of non-ortho nitro benzene ring substituents is 1. The summed E-state index contributed by atoms with van der Waals surface area (Å²) in [4.78, 5) is 31.4. The number of rotatable bonds is 10. The van der Waals surface area contributed by atoms with E-state index in [2.05, 4.69) is 9.46 Å². The lowest BCUT2D eigenvalue weighted by atomic mass is 10.1. The molecule has 0 saturated carbocycles. The van der Waals surface area contributed by atoms with E-state index in [-0.39, 0.29) is 18.7 Å². The van der Waals surface area contributed by atoms with Crippen LogP contribution in [0.5, 0.6) is 0 Å². The molecule has 0 atom stereocenters. The number of methoxy groups -OCH3 is 1. The number of benzene rings is 2. The molecular formula is C17H16ClN3O8S2. The summed E-state index contributed by atoms with van der Waals surface area (Å²) in [6.07, 6.45) is 0.0645. The van der Waals surface area contributed by atoms with E-state index in [1.807, 2.05) is 0 Å². The Bertz CT molecular complexity index is 1120. The zero-order valence-corrected chi connectivity index (χ0v) is 18.3. The van der Waals surface area contributed by atoms with Gasteiger partial charge in [0.1, 0.15) is 0 Å². The Morgan fingerprint density at radius 2 is 1.87 bits per heavy atom. The van der Waals surface area contributed by atoms with Crippen LogP contribution in [0.25, 0.3) is 0 Å². The summed E-state index contributed by atoms with van der Waals surface area (Å²) < 4.78 is 31.7. The zero-order valence-electron chi connectivity index (χ0n) is 15.9. The van der Waals surface area contributed by atoms with Gasteiger partial charge in [-0.15, -0.1) is 11.8 Å². The zero-order chi connectivity index (χ0) is 23.2. The quantitative estimate of drug-likeness (QED) is 0.174. The molecule has 0 bridgehead atoms. The number of nitrogens with zero attached hydrogens (tertiary/aromatic N) is 2. The van der Waals surface area contributed by atoms with Crippen LogP contribution in [0.1, 0.15) is 5.56 Å². The van der Waals surface area contributed by atoms with Gasteiger partial charge in [0.25, 0.3) is 11.4 Å². The highest BCUT2D eigenvalue weighted by Crippen LogP contribution is 2.30. The predicted molar refractivity (Wildman–Crippen MR) is 113 cm³/mol. The van der Waals surface area contributed by atoms with Crippen LogP contribution in [0, 0.1) is 20.2 Å². The van der Waals surface area contributed by atoms with E-state index in [4.69, 9.17) is 11.6 Å². The first-order valence-corrected chi connectivity index (χ1v) is 11.3. The topological polar surface area (TPSA) is 159 Å². The molecule has 0 saturated heterocycles. The summed E-state index contributed by atoms with van der Waals surface area (Å²) in [5.74, 6) is -0.165. The first-order chi connectivity index (χ1) is 14.5. The van der Waals surface area contributed by atoms with Crippen molar-refractivity contribution in [3.8, 4) is 0 Å². The lowest BCUT2D eigenvalue weighted by Gasteiger charge is -2.09. The monoisotopic (exact) mass is 489 g/mol. The lowest BCUT2D eigenvalue weighted by molar-refractivity contribution is -0.396. The Hall–Kier alpha value is -2.74. The number of hydrogen-bond donors (Lipinski definition) is 1. The van der Waals surface area contributed by atoms with Gasteiger partial charge in [-0.3, -0.25) is 25.0 Å². The van der Waals surface area contributed by atoms with E-state index in [0.29, 0.717) is 21.5 Å². The van der Waals surface area contributed by atoms with Gasteiger partial charge in [-0.1, -0.05) is 17.7 Å². The molecule has 2 rings (SSSR count). The van der Waals surface area contributed by atoms with Crippen LogP contribution in [-0.4, -0.2) is 43.6 Å². The summed E-state index contributed by atoms with van der Waals surface area (Å²) in [5, 5.41) is 22.3. The van der Waals surface area contributed by atoms with Gasteiger partial charge in [-0.25, -0.2) is 13.1 Å². The maximum atomic E-state index is 12.4. The molecule has 11 nitrogen and oxygen atoms in total. The van der Waals surface area contributed by atoms with Crippen molar-refractivity contribution in [3.05, 3.63) is 67.2 Å². The average molecular weight is 490 g/mol. The van der Waals surface area contributed by atoms with Crippen LogP contribution in [-0.2, 0) is 26.0 Å². The number of carbonyl (C=O) groups is 1. The molecule has 166 valence electrons. The van der Waals surface area contributed by atoms with E-state index in [1.54, 1.807) is 18.2 Å². The number of nitro groups is 2. The van der Waals surface area contributed by atoms with Crippen molar-refractivity contribution in [1.29, 1.82) is 0 Å². The van der Waals surface area contributed by atoms with Gasteiger partial charge >= 0.3 is 5.97 Å². The van der Waals surface area contributed by atoms with Crippen molar-refractivity contribution >= 4 is 50.7 Å². The SMILES string of the molecule is COC(=O)Cc1ccc(SCCNS(=O)(=O)c2ccc([N+](=O)[O-])cc2[N+](=O)[O-])c(Cl)c1. The molecule has 2 aromatic carbocycles. The standard InChI is InChI=1S/C17H16ClN3O8S2/c1-29-17(22)9-11-2-4-15(13(18)8-11)30-7-6-19-31(27,28)16-5-3-12(20(23)24)10-14(16)21(25)26/h2-5,8,10,19H,6-7,9H2,1H3. The van der Waals surface area contributed by atoms with Crippen LogP contribution in [0.15, 0.2) is 46.2 Å². The summed E-state index contributed by atoms with van der Waals surface area (Å²) in [7, 11) is -3.00. The molecule has 2 aromatic rings. The van der Waals surface area contributed by atoms with E-state index in [9.17, 15) is 33.4 Å². The van der Waals surface area contributed by atoms with Crippen LogP contribution in [0.4, 0.5) is 11.4 Å². The molecule has 14 heteroatoms. The summed E-state index contributed by atoms with van der Waals surface area (Å²) in [6.45, 7) is -0.0820. The van der Waals surface area contributed by atoms with Crippen LogP contribution in [0.2, 0.25) is 5.02 Å². The highest BCUT2D eigenvalue weighted by Gasteiger charge is 2.28. The second-order valence-electron chi connectivity index (χ2n) is 5.93. The fraction of sp³-hybridized carbons (Fsp3) is 0.235. The Morgan fingerprint density at radius 1 is 1.16 bits per heavy atom. The highest BCUT2D eigenvalue weighted by molar-refractivity contribution is 7.99. The number of nitro benzene ring substituents is 2. The second kappa shape index (κ2) is 10.5. The number of nitrogens with one attached hydrogen (secondary N) is 1. The molecule has 0 aromatic heterocycles. The smallest absolute Gasteiger partial charge is 0.309 e. The number of sulfonamides is 1. The number of ether oxygens (including phenoxy) is 1. The number of thioether (sulfide) groups is 1. The highest BCUT2D eigenvalue weighted by atomic mass is 35.5. The summed E-state index contributed by atoms with van der Waals surface area (Å²) >= 11 is 7.41. The molecule has 0 aliphatic heterocycles. The first-order valence-electron chi connectivity index (χ1n) is 8.45. The summed E-state index contributed by atoms with van der Waals surface area (Å²) in [5.41, 5.74) is -0.822. The number of hydrogen-bond acceptors (Lipinski definition) is 9. The third-order valence-electron chi connectivity index (χ3n) is 3.86. The summed E-state index contributed by atoms with van der Waals surface area (Å²) in [6, 6.07) is 7.27. The van der Waals surface area contributed by atoms with E-state index >= 15 is 0 Å². The molecule has 0 spiro atoms. The minimum atomic E-state index is -4.28. The molecule has 0 amide bonds. The fourth-order valence-electron chi connectivity index (χ4n) is 2.41. The van der Waals surface area contributed by atoms with Gasteiger partial charge in [0.05, 0.1) is 34.5 Å². The maximum Gasteiger partial charge on any atom is 0.309 e. The molecule has 0 unspecified atom stereocenters. The Labute approximate surface area is 186 Å². The van der Waals surface area contributed by atoms with E-state index in [0.717, 1.165) is 12.1 Å². The van der Waals surface area contributed by atoms with Gasteiger partial charge < -0.3 is 4.74 Å². The molecule has 0 heterocycles. The molecule has 31 heavy (non-hydrogen) atoms. The molecular weight excluding hydrogens is 474 g/mol. The fourth-order valence-corrected chi connectivity index (χ4v) is 4.88. The molecule has 0 aliphatic carbocycles. The van der Waals surface area contributed by atoms with Gasteiger partial charge in [0.15, 0.2) is 4.90 Å². The van der Waals surface area contributed by atoms with Gasteiger partial charge in [-0.2, -0.15) is 0 Å². The van der Waals surface area contributed by atoms with Gasteiger partial charge in [-0.05, 0) is 23.8 Å². The predicted octanol–water partition coefficient (Wildman–Crippen LogP) is 2.94. The number of halogens is 1. The van der Waals surface area contributed by atoms with Crippen molar-refractivity contribution < 1.29 is 27.8 Å². The van der Waals surface area contributed by atoms with Crippen molar-refractivity contribution in [2.24, 2.45) is 0 Å². The van der Waals surface area contributed by atoms with Crippen molar-refractivity contribution in [3.63, 3.8) is 0 Å². The van der Waals surface area contributed by atoms with Crippen molar-refractivity contribution in [1.82, 2.24) is 4.72 Å². The third-order valence-corrected chi connectivity index (χ3v) is 6.87. The minimum absolute atomic E-state index is 0.0645. The Balaban J connectivity index is 2.03. The molecule has 0 fully saturated rings. The minimum Gasteiger partial charge on any atom is -0.469 e. The normalized spacial score (nSPS) is 11.2. The van der Waals surface area contributed by atoms with Crippen LogP contribution < -0.4 is 4.72 Å². The number of carbonyl (C=O) groups excluding carboxylic acids is 1. The van der Waals surface area contributed by atoms with E-state index in [1.165, 1.54) is 18.9 Å². The van der Waals surface area contributed by atoms with Crippen molar-refractivity contribution in [2.45, 2.75) is 16.2 Å². The molecule has 1 N–H and O–H groups in total. The van der Waals surface area contributed by atoms with E-state index < -0.39 is 42.1 Å². The van der Waals surface area contributed by atoms with Crippen LogP contribution >= 0.6 is 23.4 Å². The Morgan fingerprint density at radius 3 is 2.45 bits per heavy atom. The lowest BCUT2D eigenvalue weighted by Crippen LogP contribution is -2.26. The second-order valence-corrected chi connectivity index (χ2v) is 9.21. The van der Waals surface area contributed by atoms with Gasteiger partial charge in [0, 0.05) is 23.3 Å². The van der Waals surface area contributed by atoms with Crippen LogP contribution in [0.3, 0.4) is 0 Å². The number of esters is 1. The average Bonchev–Trinajstić information content (AvgIpc) is 2.71. The third kappa shape index (κ3) is 6.62. The molecule has 0 aliphatic rings.